The summed E-state index contributed by atoms with van der Waals surface area (Å²) in [4.78, 5) is 28.3. The van der Waals surface area contributed by atoms with Crippen LogP contribution >= 0.6 is 0 Å². The Kier molecular flexibility index (Phi) is 5.78. The molecule has 1 fully saturated rings. The molecule has 1 atom stereocenters. The fraction of sp³-hybridized carbons (Fsp3) is 0.240. The van der Waals surface area contributed by atoms with Crippen LogP contribution in [0.5, 0.6) is 0 Å². The van der Waals surface area contributed by atoms with E-state index in [4.69, 9.17) is 5.73 Å². The number of anilines is 2. The molecule has 12 heteroatoms. The Bertz CT molecular complexity index is 1640. The molecule has 1 aliphatic rings. The summed E-state index contributed by atoms with van der Waals surface area (Å²) in [6.07, 6.45) is -3.75. The van der Waals surface area contributed by atoms with Crippen molar-refractivity contribution in [1.29, 1.82) is 5.26 Å². The lowest BCUT2D eigenvalue weighted by Gasteiger charge is -2.28. The zero-order valence-corrected chi connectivity index (χ0v) is 19.4. The van der Waals surface area contributed by atoms with E-state index in [-0.39, 0.29) is 34.4 Å². The van der Waals surface area contributed by atoms with Crippen LogP contribution in [0, 0.1) is 24.1 Å². The lowest BCUT2D eigenvalue weighted by molar-refractivity contribution is -0.136. The predicted molar refractivity (Wildman–Crippen MR) is 128 cm³/mol. The van der Waals surface area contributed by atoms with Crippen LogP contribution in [-0.2, 0) is 6.18 Å². The van der Waals surface area contributed by atoms with Gasteiger partial charge in [-0.1, -0.05) is 12.1 Å². The summed E-state index contributed by atoms with van der Waals surface area (Å²) in [6, 6.07) is 9.73. The molecule has 0 unspecified atom stereocenters. The van der Waals surface area contributed by atoms with Gasteiger partial charge in [0, 0.05) is 6.54 Å². The molecular weight excluding hydrogens is 490 g/mol. The van der Waals surface area contributed by atoms with E-state index in [9.17, 15) is 27.6 Å². The number of aryl methyl sites for hydroxylation is 1. The fourth-order valence-corrected chi connectivity index (χ4v) is 4.78. The molecule has 2 aromatic heterocycles. The molecule has 0 bridgehead atoms. The van der Waals surface area contributed by atoms with Gasteiger partial charge in [-0.05, 0) is 50.1 Å². The maximum atomic E-state index is 14.2. The Morgan fingerprint density at radius 1 is 1.14 bits per heavy atom. The highest BCUT2D eigenvalue weighted by molar-refractivity contribution is 5.82. The topological polar surface area (TPSA) is 114 Å². The second kappa shape index (κ2) is 8.85. The number of aromatic nitrogens is 4. The number of alkyl halides is 3. The summed E-state index contributed by atoms with van der Waals surface area (Å²) < 4.78 is 56.7. The smallest absolute Gasteiger partial charge is 0.368 e. The number of rotatable bonds is 3. The first-order valence-corrected chi connectivity index (χ1v) is 11.3. The molecule has 4 aromatic rings. The number of nitrogen functional groups attached to an aromatic ring is 1. The summed E-state index contributed by atoms with van der Waals surface area (Å²) in [5.74, 6) is -0.396. The third-order valence-corrected chi connectivity index (χ3v) is 6.32. The molecule has 2 N–H and O–H groups in total. The van der Waals surface area contributed by atoms with Crippen LogP contribution in [0.15, 0.2) is 47.3 Å². The largest absolute Gasteiger partial charge is 0.417 e. The highest BCUT2D eigenvalue weighted by atomic mass is 19.4. The molecular formula is C25H19F4N7O. The van der Waals surface area contributed by atoms with Gasteiger partial charge in [0.15, 0.2) is 5.82 Å². The van der Waals surface area contributed by atoms with Crippen molar-refractivity contribution < 1.29 is 17.6 Å². The van der Waals surface area contributed by atoms with Crippen molar-refractivity contribution >= 4 is 22.7 Å². The number of halogens is 4. The maximum Gasteiger partial charge on any atom is 0.417 e. The summed E-state index contributed by atoms with van der Waals surface area (Å²) >= 11 is 0. The van der Waals surface area contributed by atoms with Gasteiger partial charge >= 0.3 is 6.18 Å². The Balaban J connectivity index is 1.83. The standard InChI is InChI=1S/C25H19F4N7O/c1-13-16(12-30)21(34-24(31)32-13)35-10-4-9-19(35)22-33-18-8-3-7-17(25(27,28)29)20(18)23(37)36(22)15-6-2-5-14(26)11-15/h2-3,5-8,11,19H,4,9-10H2,1H3,(H2,31,32,34)/t19-/m0/s1. The first-order valence-electron chi connectivity index (χ1n) is 11.3. The monoisotopic (exact) mass is 509 g/mol. The van der Waals surface area contributed by atoms with Gasteiger partial charge in [-0.3, -0.25) is 9.36 Å². The van der Waals surface area contributed by atoms with Crippen LogP contribution in [0.4, 0.5) is 29.3 Å². The van der Waals surface area contributed by atoms with Gasteiger partial charge in [-0.25, -0.2) is 14.4 Å². The van der Waals surface area contributed by atoms with Gasteiger partial charge < -0.3 is 10.6 Å². The van der Waals surface area contributed by atoms with Crippen molar-refractivity contribution in [2.75, 3.05) is 17.2 Å². The third-order valence-electron chi connectivity index (χ3n) is 6.32. The molecule has 1 saturated heterocycles. The molecule has 0 spiro atoms. The van der Waals surface area contributed by atoms with E-state index in [0.717, 1.165) is 22.8 Å². The Morgan fingerprint density at radius 3 is 2.59 bits per heavy atom. The number of hydrogen-bond acceptors (Lipinski definition) is 7. The van der Waals surface area contributed by atoms with E-state index in [1.54, 1.807) is 11.8 Å². The minimum Gasteiger partial charge on any atom is -0.368 e. The van der Waals surface area contributed by atoms with Gasteiger partial charge in [-0.2, -0.15) is 23.4 Å². The molecule has 3 heterocycles. The van der Waals surface area contributed by atoms with E-state index < -0.39 is 34.5 Å². The molecule has 8 nitrogen and oxygen atoms in total. The normalized spacial score (nSPS) is 15.8. The number of benzene rings is 2. The van der Waals surface area contributed by atoms with Crippen molar-refractivity contribution in [3.05, 3.63) is 81.3 Å². The first-order chi connectivity index (χ1) is 17.6. The zero-order chi connectivity index (χ0) is 26.5. The predicted octanol–water partition coefficient (Wildman–Crippen LogP) is 4.44. The first kappa shape index (κ1) is 24.2. The van der Waals surface area contributed by atoms with Crippen LogP contribution in [0.3, 0.4) is 0 Å². The average molecular weight is 509 g/mol. The lowest BCUT2D eigenvalue weighted by Crippen LogP contribution is -2.33. The van der Waals surface area contributed by atoms with Crippen LogP contribution in [0.25, 0.3) is 16.6 Å². The minimum absolute atomic E-state index is 0.0251. The van der Waals surface area contributed by atoms with E-state index in [0.29, 0.717) is 25.1 Å². The molecule has 0 amide bonds. The maximum absolute atomic E-state index is 14.2. The van der Waals surface area contributed by atoms with Crippen molar-refractivity contribution in [3.8, 4) is 11.8 Å². The van der Waals surface area contributed by atoms with E-state index in [1.807, 2.05) is 0 Å². The van der Waals surface area contributed by atoms with Gasteiger partial charge in [0.05, 0.1) is 33.9 Å². The van der Waals surface area contributed by atoms with E-state index in [2.05, 4.69) is 21.0 Å². The van der Waals surface area contributed by atoms with Crippen LogP contribution < -0.4 is 16.2 Å². The van der Waals surface area contributed by atoms with Gasteiger partial charge in [0.1, 0.15) is 23.3 Å². The molecule has 0 aliphatic carbocycles. The second-order valence-corrected chi connectivity index (χ2v) is 8.62. The Labute approximate surface area is 207 Å². The van der Waals surface area contributed by atoms with E-state index >= 15 is 0 Å². The Morgan fingerprint density at radius 2 is 1.89 bits per heavy atom. The summed E-state index contributed by atoms with van der Waals surface area (Å²) in [6.45, 7) is 2.02. The molecule has 37 heavy (non-hydrogen) atoms. The number of nitrogens with two attached hydrogens (primary N) is 1. The second-order valence-electron chi connectivity index (χ2n) is 8.62. The SMILES string of the molecule is Cc1nc(N)nc(N2CCC[C@H]2c2nc3cccc(C(F)(F)F)c3c(=O)n2-c2cccc(F)c2)c1C#N. The summed E-state index contributed by atoms with van der Waals surface area (Å²) in [5.41, 5.74) is 4.16. The third kappa shape index (κ3) is 4.12. The molecule has 0 saturated carbocycles. The highest BCUT2D eigenvalue weighted by Crippen LogP contribution is 2.39. The van der Waals surface area contributed by atoms with E-state index in [1.165, 1.54) is 24.3 Å². The van der Waals surface area contributed by atoms with Gasteiger partial charge in [0.2, 0.25) is 5.95 Å². The Hall–Kier alpha value is -4.53. The van der Waals surface area contributed by atoms with Crippen LogP contribution in [0.2, 0.25) is 0 Å². The lowest BCUT2D eigenvalue weighted by atomic mass is 10.1. The number of nitrogens with zero attached hydrogens (tertiary/aromatic N) is 6. The molecule has 188 valence electrons. The fourth-order valence-electron chi connectivity index (χ4n) is 4.78. The molecule has 0 radical (unpaired) electrons. The van der Waals surface area contributed by atoms with Crippen LogP contribution in [0.1, 0.15) is 41.5 Å². The number of nitriles is 1. The zero-order valence-electron chi connectivity index (χ0n) is 19.4. The van der Waals surface area contributed by atoms with Crippen molar-refractivity contribution in [2.45, 2.75) is 32.0 Å². The molecule has 1 aliphatic heterocycles. The molecule has 5 rings (SSSR count). The number of fused-ring (bicyclic) bond motifs is 1. The minimum atomic E-state index is -4.81. The van der Waals surface area contributed by atoms with Crippen molar-refractivity contribution in [1.82, 2.24) is 19.5 Å². The molecule has 2 aromatic carbocycles. The number of hydrogen-bond donors (Lipinski definition) is 1. The summed E-state index contributed by atoms with van der Waals surface area (Å²) in [5, 5.41) is 9.13. The van der Waals surface area contributed by atoms with Gasteiger partial charge in [-0.15, -0.1) is 0 Å². The van der Waals surface area contributed by atoms with Gasteiger partial charge in [0.25, 0.3) is 5.56 Å². The van der Waals surface area contributed by atoms with Crippen molar-refractivity contribution in [2.24, 2.45) is 0 Å². The highest BCUT2D eigenvalue weighted by Gasteiger charge is 2.37. The summed E-state index contributed by atoms with van der Waals surface area (Å²) in [7, 11) is 0. The van der Waals surface area contributed by atoms with Crippen molar-refractivity contribution in [3.63, 3.8) is 0 Å². The quantitative estimate of drug-likeness (QED) is 0.406. The van der Waals surface area contributed by atoms with Crippen LogP contribution in [-0.4, -0.2) is 26.1 Å². The average Bonchev–Trinajstić information content (AvgIpc) is 3.32.